The number of fused-ring (bicyclic) bond motifs is 1. The second-order valence-electron chi connectivity index (χ2n) is 8.32. The number of likely N-dealkylation sites (tertiary alicyclic amines) is 1. The van der Waals surface area contributed by atoms with Crippen molar-refractivity contribution in [3.63, 3.8) is 0 Å². The summed E-state index contributed by atoms with van der Waals surface area (Å²) >= 11 is 0. The molecule has 1 fully saturated rings. The fourth-order valence-electron chi connectivity index (χ4n) is 4.46. The lowest BCUT2D eigenvalue weighted by Gasteiger charge is -2.33. The van der Waals surface area contributed by atoms with Gasteiger partial charge in [-0.15, -0.1) is 0 Å². The van der Waals surface area contributed by atoms with Gasteiger partial charge in [-0.05, 0) is 49.6 Å². The van der Waals surface area contributed by atoms with Crippen LogP contribution in [0.15, 0.2) is 48.5 Å². The van der Waals surface area contributed by atoms with Gasteiger partial charge >= 0.3 is 0 Å². The molecule has 30 heavy (non-hydrogen) atoms. The maximum atomic E-state index is 12.8. The predicted octanol–water partition coefficient (Wildman–Crippen LogP) is 4.29. The molecular formula is C25H32N4O. The molecule has 0 bridgehead atoms. The quantitative estimate of drug-likeness (QED) is 0.639. The molecule has 1 saturated heterocycles. The van der Waals surface area contributed by atoms with E-state index in [1.54, 1.807) is 0 Å². The number of hydrogen-bond donors (Lipinski definition) is 1. The van der Waals surface area contributed by atoms with Crippen molar-refractivity contribution >= 4 is 16.9 Å². The highest BCUT2D eigenvalue weighted by atomic mass is 16.1. The van der Waals surface area contributed by atoms with Crippen molar-refractivity contribution in [3.8, 4) is 0 Å². The summed E-state index contributed by atoms with van der Waals surface area (Å²) in [6.45, 7) is 7.38. The van der Waals surface area contributed by atoms with Gasteiger partial charge < -0.3 is 9.88 Å². The zero-order valence-corrected chi connectivity index (χ0v) is 18.1. The lowest BCUT2D eigenvalue weighted by Crippen LogP contribution is -2.37. The molecule has 158 valence electrons. The van der Waals surface area contributed by atoms with Crippen LogP contribution in [0.1, 0.15) is 50.1 Å². The number of piperidine rings is 1. The molecule has 1 aliphatic rings. The van der Waals surface area contributed by atoms with E-state index in [9.17, 15) is 4.79 Å². The maximum Gasteiger partial charge on any atom is 0.240 e. The van der Waals surface area contributed by atoms with Crippen molar-refractivity contribution in [1.29, 1.82) is 0 Å². The molecule has 0 spiro atoms. The molecule has 1 aliphatic heterocycles. The van der Waals surface area contributed by atoms with Crippen LogP contribution in [0.25, 0.3) is 11.0 Å². The summed E-state index contributed by atoms with van der Waals surface area (Å²) in [5.41, 5.74) is 4.48. The number of aromatic nitrogens is 2. The fourth-order valence-corrected chi connectivity index (χ4v) is 4.46. The molecule has 2 aromatic carbocycles. The number of imidazole rings is 1. The molecular weight excluding hydrogens is 372 g/mol. The molecule has 5 nitrogen and oxygen atoms in total. The van der Waals surface area contributed by atoms with Crippen LogP contribution in [0.3, 0.4) is 0 Å². The van der Waals surface area contributed by atoms with Crippen LogP contribution in [0, 0.1) is 0 Å². The predicted molar refractivity (Wildman–Crippen MR) is 121 cm³/mol. The van der Waals surface area contributed by atoms with Crippen molar-refractivity contribution in [1.82, 2.24) is 19.8 Å². The van der Waals surface area contributed by atoms with Crippen molar-refractivity contribution < 1.29 is 4.79 Å². The van der Waals surface area contributed by atoms with E-state index in [0.717, 1.165) is 36.4 Å². The smallest absolute Gasteiger partial charge is 0.240 e. The van der Waals surface area contributed by atoms with Crippen molar-refractivity contribution in [2.75, 3.05) is 6.54 Å². The highest BCUT2D eigenvalue weighted by Crippen LogP contribution is 2.21. The van der Waals surface area contributed by atoms with Crippen LogP contribution in [0.4, 0.5) is 0 Å². The first kappa shape index (κ1) is 20.6. The number of rotatable bonds is 7. The standard InChI is InChI=1S/C25H32N4O/c1-3-24-27-22-13-6-7-14-23(22)29(24)18-25(30)26-16-20-11-4-5-12-21(20)17-28-15-9-8-10-19(28)2/h4-7,11-14,19H,3,8-10,15-18H2,1-2H3,(H,26,30). The van der Waals surface area contributed by atoms with E-state index in [4.69, 9.17) is 0 Å². The highest BCUT2D eigenvalue weighted by Gasteiger charge is 2.19. The Kier molecular flexibility index (Phi) is 6.48. The van der Waals surface area contributed by atoms with Crippen LogP contribution in [0.5, 0.6) is 0 Å². The van der Waals surface area contributed by atoms with E-state index in [1.807, 2.05) is 28.8 Å². The molecule has 0 aliphatic carbocycles. The molecule has 1 aromatic heterocycles. The van der Waals surface area contributed by atoms with Crippen LogP contribution in [-0.4, -0.2) is 32.9 Å². The number of benzene rings is 2. The first-order valence-corrected chi connectivity index (χ1v) is 11.2. The molecule has 5 heteroatoms. The fraction of sp³-hybridized carbons (Fsp3) is 0.440. The van der Waals surface area contributed by atoms with Gasteiger partial charge in [0.25, 0.3) is 0 Å². The van der Waals surface area contributed by atoms with E-state index in [-0.39, 0.29) is 5.91 Å². The summed E-state index contributed by atoms with van der Waals surface area (Å²) in [6, 6.07) is 17.1. The minimum absolute atomic E-state index is 0.0222. The Bertz CT molecular complexity index is 1010. The molecule has 2 heterocycles. The molecule has 1 atom stereocenters. The number of aryl methyl sites for hydroxylation is 1. The lowest BCUT2D eigenvalue weighted by atomic mass is 10.0. The topological polar surface area (TPSA) is 50.2 Å². The number of nitrogens with one attached hydrogen (secondary N) is 1. The second-order valence-corrected chi connectivity index (χ2v) is 8.32. The Labute approximate surface area is 179 Å². The highest BCUT2D eigenvalue weighted by molar-refractivity contribution is 5.81. The normalized spacial score (nSPS) is 17.3. The summed E-state index contributed by atoms with van der Waals surface area (Å²) in [7, 11) is 0. The van der Waals surface area contributed by atoms with Gasteiger partial charge in [-0.1, -0.05) is 49.7 Å². The Morgan fingerprint density at radius 2 is 1.87 bits per heavy atom. The van der Waals surface area contributed by atoms with E-state index < -0.39 is 0 Å². The maximum absolute atomic E-state index is 12.8. The SMILES string of the molecule is CCc1nc2ccccc2n1CC(=O)NCc1ccccc1CN1CCCCC1C. The lowest BCUT2D eigenvalue weighted by molar-refractivity contribution is -0.121. The zero-order valence-electron chi connectivity index (χ0n) is 18.1. The molecule has 1 amide bonds. The summed E-state index contributed by atoms with van der Waals surface area (Å²) in [6.07, 6.45) is 4.69. The Hall–Kier alpha value is -2.66. The Balaban J connectivity index is 1.42. The average Bonchev–Trinajstić information content (AvgIpc) is 3.12. The largest absolute Gasteiger partial charge is 0.350 e. The van der Waals surface area contributed by atoms with Crippen LogP contribution >= 0.6 is 0 Å². The van der Waals surface area contributed by atoms with E-state index in [2.05, 4.69) is 53.3 Å². The molecule has 1 unspecified atom stereocenters. The molecule has 0 saturated carbocycles. The van der Waals surface area contributed by atoms with Gasteiger partial charge in [0.1, 0.15) is 12.4 Å². The summed E-state index contributed by atoms with van der Waals surface area (Å²) in [5.74, 6) is 0.972. The van der Waals surface area contributed by atoms with Crippen LogP contribution in [0.2, 0.25) is 0 Å². The first-order chi connectivity index (χ1) is 14.7. The minimum Gasteiger partial charge on any atom is -0.350 e. The number of carbonyl (C=O) groups excluding carboxylic acids is 1. The number of hydrogen-bond acceptors (Lipinski definition) is 3. The van der Waals surface area contributed by atoms with Crippen LogP contribution in [-0.2, 0) is 30.8 Å². The Morgan fingerprint density at radius 3 is 2.67 bits per heavy atom. The number of nitrogens with zero attached hydrogens (tertiary/aromatic N) is 3. The van der Waals surface area contributed by atoms with Gasteiger partial charge in [-0.2, -0.15) is 0 Å². The van der Waals surface area contributed by atoms with Crippen molar-refractivity contribution in [2.24, 2.45) is 0 Å². The van der Waals surface area contributed by atoms with Crippen molar-refractivity contribution in [2.45, 2.75) is 65.2 Å². The average molecular weight is 405 g/mol. The Morgan fingerprint density at radius 1 is 1.10 bits per heavy atom. The number of amides is 1. The van der Waals surface area contributed by atoms with E-state index in [0.29, 0.717) is 19.1 Å². The third-order valence-corrected chi connectivity index (χ3v) is 6.26. The summed E-state index contributed by atoms with van der Waals surface area (Å²) in [4.78, 5) is 20.0. The minimum atomic E-state index is 0.0222. The molecule has 1 N–H and O–H groups in total. The van der Waals surface area contributed by atoms with Gasteiger partial charge in [0, 0.05) is 25.6 Å². The third-order valence-electron chi connectivity index (χ3n) is 6.26. The van der Waals surface area contributed by atoms with Crippen molar-refractivity contribution in [3.05, 3.63) is 65.5 Å². The zero-order chi connectivity index (χ0) is 20.9. The second kappa shape index (κ2) is 9.43. The summed E-state index contributed by atoms with van der Waals surface area (Å²) in [5, 5.41) is 3.14. The van der Waals surface area contributed by atoms with E-state index >= 15 is 0 Å². The molecule has 3 aromatic rings. The van der Waals surface area contributed by atoms with Gasteiger partial charge in [-0.25, -0.2) is 4.98 Å². The molecule has 4 rings (SSSR count). The van der Waals surface area contributed by atoms with Gasteiger partial charge in [0.2, 0.25) is 5.91 Å². The van der Waals surface area contributed by atoms with Gasteiger partial charge in [-0.3, -0.25) is 9.69 Å². The first-order valence-electron chi connectivity index (χ1n) is 11.2. The number of carbonyl (C=O) groups is 1. The third kappa shape index (κ3) is 4.57. The number of para-hydroxylation sites is 2. The molecule has 0 radical (unpaired) electrons. The monoisotopic (exact) mass is 404 g/mol. The summed E-state index contributed by atoms with van der Waals surface area (Å²) < 4.78 is 2.03. The van der Waals surface area contributed by atoms with E-state index in [1.165, 1.54) is 30.4 Å². The van der Waals surface area contributed by atoms with Gasteiger partial charge in [0.05, 0.1) is 11.0 Å². The van der Waals surface area contributed by atoms with Gasteiger partial charge in [0.15, 0.2) is 0 Å². The van der Waals surface area contributed by atoms with Crippen LogP contribution < -0.4 is 5.32 Å².